The van der Waals surface area contributed by atoms with Crippen LogP contribution in [0.4, 0.5) is 17.5 Å². The number of methoxy groups -OCH3 is 1. The lowest BCUT2D eigenvalue weighted by Gasteiger charge is -2.32. The van der Waals surface area contributed by atoms with Gasteiger partial charge in [0.05, 0.1) is 13.7 Å². The maximum atomic E-state index is 6.01. The molecule has 2 aromatic rings. The molecule has 1 atom stereocenters. The minimum atomic E-state index is 0.0515. The molecule has 1 fully saturated rings. The second-order valence-electron chi connectivity index (χ2n) is 6.20. The molecule has 1 saturated heterocycles. The molecular formula is C19H27N5O3. The topological polar surface area (TPSA) is 80.8 Å². The highest BCUT2D eigenvalue weighted by atomic mass is 16.5. The van der Waals surface area contributed by atoms with Gasteiger partial charge in [-0.25, -0.2) is 4.98 Å². The van der Waals surface area contributed by atoms with Gasteiger partial charge in [-0.2, -0.15) is 4.98 Å². The third-order valence-electron chi connectivity index (χ3n) is 4.43. The minimum absolute atomic E-state index is 0.0515. The molecule has 0 spiro atoms. The van der Waals surface area contributed by atoms with E-state index >= 15 is 0 Å². The Morgan fingerprint density at radius 3 is 2.96 bits per heavy atom. The van der Waals surface area contributed by atoms with Gasteiger partial charge in [0, 0.05) is 38.1 Å². The van der Waals surface area contributed by atoms with Crippen LogP contribution in [0.25, 0.3) is 0 Å². The molecule has 2 N–H and O–H groups in total. The number of ether oxygens (including phenoxy) is 3. The summed E-state index contributed by atoms with van der Waals surface area (Å²) < 4.78 is 17.2. The minimum Gasteiger partial charge on any atom is -0.493 e. The summed E-state index contributed by atoms with van der Waals surface area (Å²) in [6.45, 7) is 6.24. The Bertz CT molecular complexity index is 743. The number of benzene rings is 1. The summed E-state index contributed by atoms with van der Waals surface area (Å²) in [7, 11) is 3.45. The maximum absolute atomic E-state index is 6.01. The zero-order valence-electron chi connectivity index (χ0n) is 16.1. The van der Waals surface area contributed by atoms with Crippen molar-refractivity contribution in [3.05, 3.63) is 30.5 Å². The average Bonchev–Trinajstić information content (AvgIpc) is 2.72. The monoisotopic (exact) mass is 373 g/mol. The number of likely N-dealkylation sites (N-methyl/N-ethyl adjacent to an activating group) is 1. The van der Waals surface area contributed by atoms with Gasteiger partial charge in [0.2, 0.25) is 5.95 Å². The number of anilines is 3. The van der Waals surface area contributed by atoms with Crippen LogP contribution in [-0.4, -0.2) is 68.0 Å². The lowest BCUT2D eigenvalue weighted by molar-refractivity contribution is -0.0466. The summed E-state index contributed by atoms with van der Waals surface area (Å²) in [4.78, 5) is 11.0. The Morgan fingerprint density at radius 1 is 1.30 bits per heavy atom. The summed E-state index contributed by atoms with van der Waals surface area (Å²) in [6.07, 6.45) is 1.75. The van der Waals surface area contributed by atoms with Gasteiger partial charge in [-0.1, -0.05) is 6.92 Å². The molecule has 0 saturated carbocycles. The predicted molar refractivity (Wildman–Crippen MR) is 105 cm³/mol. The molecule has 0 aliphatic carbocycles. The smallest absolute Gasteiger partial charge is 0.229 e. The molecule has 2 heterocycles. The van der Waals surface area contributed by atoms with E-state index < -0.39 is 0 Å². The van der Waals surface area contributed by atoms with Gasteiger partial charge in [0.25, 0.3) is 0 Å². The molecule has 0 amide bonds. The van der Waals surface area contributed by atoms with Crippen molar-refractivity contribution in [3.63, 3.8) is 0 Å². The van der Waals surface area contributed by atoms with Crippen molar-refractivity contribution in [1.82, 2.24) is 14.9 Å². The van der Waals surface area contributed by atoms with Crippen molar-refractivity contribution < 1.29 is 14.2 Å². The quantitative estimate of drug-likeness (QED) is 0.730. The summed E-state index contributed by atoms with van der Waals surface area (Å²) in [6, 6.07) is 7.45. The van der Waals surface area contributed by atoms with Gasteiger partial charge >= 0.3 is 0 Å². The van der Waals surface area contributed by atoms with Crippen LogP contribution in [0.2, 0.25) is 0 Å². The van der Waals surface area contributed by atoms with Crippen molar-refractivity contribution >= 4 is 17.5 Å². The molecule has 8 heteroatoms. The zero-order valence-corrected chi connectivity index (χ0v) is 16.1. The van der Waals surface area contributed by atoms with E-state index in [1.54, 1.807) is 19.4 Å². The molecular weight excluding hydrogens is 346 g/mol. The van der Waals surface area contributed by atoms with Crippen molar-refractivity contribution in [2.24, 2.45) is 0 Å². The lowest BCUT2D eigenvalue weighted by Crippen LogP contribution is -2.44. The van der Waals surface area contributed by atoms with E-state index in [0.29, 0.717) is 24.1 Å². The first kappa shape index (κ1) is 19.2. The Morgan fingerprint density at radius 2 is 2.19 bits per heavy atom. The largest absolute Gasteiger partial charge is 0.493 e. The van der Waals surface area contributed by atoms with E-state index in [2.05, 4.69) is 32.4 Å². The van der Waals surface area contributed by atoms with E-state index in [0.717, 1.165) is 37.7 Å². The Labute approximate surface area is 159 Å². The molecule has 1 aliphatic rings. The van der Waals surface area contributed by atoms with E-state index in [1.807, 2.05) is 25.2 Å². The van der Waals surface area contributed by atoms with E-state index in [-0.39, 0.29) is 6.10 Å². The van der Waals surface area contributed by atoms with E-state index in [4.69, 9.17) is 14.2 Å². The van der Waals surface area contributed by atoms with Crippen LogP contribution < -0.4 is 20.1 Å². The van der Waals surface area contributed by atoms with Crippen molar-refractivity contribution in [3.8, 4) is 11.5 Å². The van der Waals surface area contributed by atoms with Crippen LogP contribution in [-0.2, 0) is 4.74 Å². The highest BCUT2D eigenvalue weighted by Gasteiger charge is 2.20. The molecule has 3 rings (SSSR count). The van der Waals surface area contributed by atoms with E-state index in [1.165, 1.54) is 0 Å². The Balaban J connectivity index is 1.67. The van der Waals surface area contributed by atoms with Gasteiger partial charge < -0.3 is 24.8 Å². The number of hydrogen-bond acceptors (Lipinski definition) is 8. The molecule has 1 aliphatic heterocycles. The van der Waals surface area contributed by atoms with Crippen molar-refractivity contribution in [2.75, 3.05) is 57.6 Å². The first-order chi connectivity index (χ1) is 13.2. The van der Waals surface area contributed by atoms with E-state index in [9.17, 15) is 0 Å². The fraction of sp³-hybridized carbons (Fsp3) is 0.474. The molecule has 1 aromatic carbocycles. The Hall–Kier alpha value is -2.58. The van der Waals surface area contributed by atoms with Gasteiger partial charge in [-0.3, -0.25) is 4.90 Å². The predicted octanol–water partition coefficient (Wildman–Crippen LogP) is 2.37. The standard InChI is InChI=1S/C19H27N5O3/c1-4-24-9-10-26-15(12-24)13-27-17-11-14(5-6-16(17)25-3)22-19-21-8-7-18(20-2)23-19/h5-8,11,15H,4,9-10,12-13H2,1-3H3,(H2,20,21,22,23)/t15-/m0/s1. The number of hydrogen-bond donors (Lipinski definition) is 2. The first-order valence-corrected chi connectivity index (χ1v) is 9.14. The fourth-order valence-electron chi connectivity index (χ4n) is 2.91. The number of aromatic nitrogens is 2. The normalized spacial score (nSPS) is 17.4. The fourth-order valence-corrected chi connectivity index (χ4v) is 2.91. The summed E-state index contributed by atoms with van der Waals surface area (Å²) in [5, 5.41) is 6.18. The Kier molecular flexibility index (Phi) is 6.67. The van der Waals surface area contributed by atoms with Gasteiger partial charge in [-0.15, -0.1) is 0 Å². The van der Waals surface area contributed by atoms with Crippen LogP contribution in [0.1, 0.15) is 6.92 Å². The summed E-state index contributed by atoms with van der Waals surface area (Å²) in [5.74, 6) is 2.58. The average molecular weight is 373 g/mol. The van der Waals surface area contributed by atoms with Crippen LogP contribution in [0.5, 0.6) is 11.5 Å². The maximum Gasteiger partial charge on any atom is 0.229 e. The zero-order chi connectivity index (χ0) is 19.1. The van der Waals surface area contributed by atoms with Gasteiger partial charge in [0.1, 0.15) is 18.5 Å². The SMILES string of the molecule is CCN1CCO[C@H](COc2cc(Nc3nccc(NC)n3)ccc2OC)C1. The second-order valence-corrected chi connectivity index (χ2v) is 6.20. The van der Waals surface area contributed by atoms with Crippen LogP contribution in [0, 0.1) is 0 Å². The van der Waals surface area contributed by atoms with Crippen LogP contribution in [0.15, 0.2) is 30.5 Å². The van der Waals surface area contributed by atoms with Crippen molar-refractivity contribution in [2.45, 2.75) is 13.0 Å². The highest BCUT2D eigenvalue weighted by Crippen LogP contribution is 2.31. The molecule has 27 heavy (non-hydrogen) atoms. The third-order valence-corrected chi connectivity index (χ3v) is 4.43. The van der Waals surface area contributed by atoms with Gasteiger partial charge in [0.15, 0.2) is 11.5 Å². The first-order valence-electron chi connectivity index (χ1n) is 9.14. The highest BCUT2D eigenvalue weighted by molar-refractivity contribution is 5.60. The number of rotatable bonds is 8. The summed E-state index contributed by atoms with van der Waals surface area (Å²) in [5.41, 5.74) is 0.818. The molecule has 0 radical (unpaired) electrons. The molecule has 8 nitrogen and oxygen atoms in total. The van der Waals surface area contributed by atoms with Crippen LogP contribution >= 0.6 is 0 Å². The van der Waals surface area contributed by atoms with Crippen molar-refractivity contribution in [1.29, 1.82) is 0 Å². The summed E-state index contributed by atoms with van der Waals surface area (Å²) >= 11 is 0. The third kappa shape index (κ3) is 5.21. The number of nitrogens with one attached hydrogen (secondary N) is 2. The number of morpholine rings is 1. The molecule has 0 bridgehead atoms. The second kappa shape index (κ2) is 9.38. The van der Waals surface area contributed by atoms with Crippen LogP contribution in [0.3, 0.4) is 0 Å². The molecule has 0 unspecified atom stereocenters. The molecule has 146 valence electrons. The van der Waals surface area contributed by atoms with Gasteiger partial charge in [-0.05, 0) is 24.7 Å². The number of nitrogens with zero attached hydrogens (tertiary/aromatic N) is 3. The molecule has 1 aromatic heterocycles. The lowest BCUT2D eigenvalue weighted by atomic mass is 10.2.